The zero-order valence-electron chi connectivity index (χ0n) is 7.87. The number of likely N-dealkylation sites (N-methyl/N-ethyl adjacent to an activating group) is 1. The maximum Gasteiger partial charge on any atom is 0.343 e. The minimum Gasteiger partial charge on any atom is -0.462 e. The first kappa shape index (κ1) is 9.77. The molecule has 0 aromatic carbocycles. The number of esters is 1. The molecule has 0 spiro atoms. The van der Waals surface area contributed by atoms with E-state index in [4.69, 9.17) is 4.74 Å². The molecule has 0 radical (unpaired) electrons. The highest BCUT2D eigenvalue weighted by atomic mass is 16.5. The number of hydrogen-bond acceptors (Lipinski definition) is 3. The third kappa shape index (κ3) is 2.08. The van der Waals surface area contributed by atoms with Crippen molar-refractivity contribution >= 4 is 11.9 Å². The summed E-state index contributed by atoms with van der Waals surface area (Å²) < 4.78 is 4.75. The lowest BCUT2D eigenvalue weighted by molar-refractivity contribution is -0.142. The van der Waals surface area contributed by atoms with Crippen LogP contribution >= 0.6 is 0 Å². The molecule has 1 amide bonds. The molecule has 0 aliphatic carbocycles. The van der Waals surface area contributed by atoms with Crippen molar-refractivity contribution in [3.63, 3.8) is 0 Å². The number of rotatable bonds is 2. The number of carbonyl (C=O) groups excluding carboxylic acids is 2. The van der Waals surface area contributed by atoms with Crippen LogP contribution in [0.25, 0.3) is 0 Å². The van der Waals surface area contributed by atoms with Crippen molar-refractivity contribution < 1.29 is 14.3 Å². The van der Waals surface area contributed by atoms with Gasteiger partial charge in [0.05, 0.1) is 6.61 Å². The Kier molecular flexibility index (Phi) is 3.06. The lowest BCUT2D eigenvalue weighted by Crippen LogP contribution is -2.35. The highest BCUT2D eigenvalue weighted by Gasteiger charge is 2.25. The molecule has 1 heterocycles. The van der Waals surface area contributed by atoms with Crippen molar-refractivity contribution in [1.29, 1.82) is 0 Å². The summed E-state index contributed by atoms with van der Waals surface area (Å²) in [6.45, 7) is 2.68. The van der Waals surface area contributed by atoms with Crippen LogP contribution in [0, 0.1) is 0 Å². The van der Waals surface area contributed by atoms with Gasteiger partial charge < -0.3 is 9.64 Å². The van der Waals surface area contributed by atoms with Crippen molar-refractivity contribution in [2.75, 3.05) is 20.2 Å². The van der Waals surface area contributed by atoms with Gasteiger partial charge >= 0.3 is 5.97 Å². The number of nitrogens with zero attached hydrogens (tertiary/aromatic N) is 1. The fourth-order valence-electron chi connectivity index (χ4n) is 1.18. The SMILES string of the molecule is CCOC(=O)C1=CCCN(C)C1=O. The third-order valence-electron chi connectivity index (χ3n) is 1.89. The monoisotopic (exact) mass is 183 g/mol. The van der Waals surface area contributed by atoms with Gasteiger partial charge in [-0.2, -0.15) is 0 Å². The summed E-state index contributed by atoms with van der Waals surface area (Å²) in [4.78, 5) is 24.1. The molecule has 0 saturated heterocycles. The summed E-state index contributed by atoms with van der Waals surface area (Å²) in [5.74, 6) is -0.760. The Balaban J connectivity index is 2.73. The lowest BCUT2D eigenvalue weighted by atomic mass is 10.1. The first-order valence-corrected chi connectivity index (χ1v) is 4.29. The van der Waals surface area contributed by atoms with Gasteiger partial charge in [-0.15, -0.1) is 0 Å². The fraction of sp³-hybridized carbons (Fsp3) is 0.556. The predicted molar refractivity (Wildman–Crippen MR) is 47.0 cm³/mol. The second-order valence-corrected chi connectivity index (χ2v) is 2.85. The van der Waals surface area contributed by atoms with Gasteiger partial charge in [0.25, 0.3) is 5.91 Å². The standard InChI is InChI=1S/C9H13NO3/c1-3-13-9(12)7-5-4-6-10(2)8(7)11/h5H,3-4,6H2,1-2H3. The van der Waals surface area contributed by atoms with Gasteiger partial charge in [0, 0.05) is 13.6 Å². The predicted octanol–water partition coefficient (Wildman–Crippen LogP) is 0.338. The Bertz CT molecular complexity index is 258. The Labute approximate surface area is 77.2 Å². The van der Waals surface area contributed by atoms with Gasteiger partial charge in [-0.3, -0.25) is 4.79 Å². The van der Waals surface area contributed by atoms with Gasteiger partial charge in [-0.1, -0.05) is 6.08 Å². The molecule has 0 aromatic heterocycles. The first-order valence-electron chi connectivity index (χ1n) is 4.29. The van der Waals surface area contributed by atoms with E-state index in [1.165, 1.54) is 4.90 Å². The Hall–Kier alpha value is -1.32. The average Bonchev–Trinajstić information content (AvgIpc) is 2.10. The first-order chi connectivity index (χ1) is 6.16. The van der Waals surface area contributed by atoms with Crippen molar-refractivity contribution in [3.05, 3.63) is 11.6 Å². The number of carbonyl (C=O) groups is 2. The van der Waals surface area contributed by atoms with Crippen molar-refractivity contribution in [1.82, 2.24) is 4.90 Å². The smallest absolute Gasteiger partial charge is 0.343 e. The summed E-state index contributed by atoms with van der Waals surface area (Å²) in [7, 11) is 1.68. The lowest BCUT2D eigenvalue weighted by Gasteiger charge is -2.21. The topological polar surface area (TPSA) is 46.6 Å². The maximum atomic E-state index is 11.4. The second-order valence-electron chi connectivity index (χ2n) is 2.85. The molecule has 0 bridgehead atoms. The van der Waals surface area contributed by atoms with Crippen LogP contribution in [-0.2, 0) is 14.3 Å². The summed E-state index contributed by atoms with van der Waals surface area (Å²) >= 11 is 0. The van der Waals surface area contributed by atoms with Crippen LogP contribution in [0.4, 0.5) is 0 Å². The molecule has 72 valence electrons. The Morgan fingerprint density at radius 1 is 1.69 bits per heavy atom. The molecular weight excluding hydrogens is 170 g/mol. The van der Waals surface area contributed by atoms with E-state index in [9.17, 15) is 9.59 Å². The van der Waals surface area contributed by atoms with E-state index < -0.39 is 5.97 Å². The van der Waals surface area contributed by atoms with Crippen LogP contribution < -0.4 is 0 Å². The van der Waals surface area contributed by atoms with Gasteiger partial charge in [-0.25, -0.2) is 4.79 Å². The summed E-state index contributed by atoms with van der Waals surface area (Å²) in [5.41, 5.74) is 0.163. The van der Waals surface area contributed by atoms with E-state index in [0.717, 1.165) is 6.42 Å². The molecular formula is C9H13NO3. The highest BCUT2D eigenvalue weighted by molar-refractivity contribution is 6.16. The zero-order valence-corrected chi connectivity index (χ0v) is 7.87. The van der Waals surface area contributed by atoms with E-state index in [1.807, 2.05) is 0 Å². The van der Waals surface area contributed by atoms with Gasteiger partial charge in [0.2, 0.25) is 0 Å². The number of hydrogen-bond donors (Lipinski definition) is 0. The summed E-state index contributed by atoms with van der Waals surface area (Å²) in [5, 5.41) is 0. The van der Waals surface area contributed by atoms with Crippen molar-refractivity contribution in [3.8, 4) is 0 Å². The van der Waals surface area contributed by atoms with Crippen molar-refractivity contribution in [2.45, 2.75) is 13.3 Å². The molecule has 1 aliphatic heterocycles. The molecule has 0 N–H and O–H groups in total. The second kappa shape index (κ2) is 4.07. The normalized spacial score (nSPS) is 16.9. The molecule has 0 unspecified atom stereocenters. The molecule has 4 heteroatoms. The van der Waals surface area contributed by atoms with Crippen LogP contribution in [0.3, 0.4) is 0 Å². The molecule has 0 saturated carbocycles. The highest BCUT2D eigenvalue weighted by Crippen LogP contribution is 2.10. The third-order valence-corrected chi connectivity index (χ3v) is 1.89. The van der Waals surface area contributed by atoms with Crippen LogP contribution in [0.15, 0.2) is 11.6 Å². The molecule has 1 rings (SSSR count). The average molecular weight is 183 g/mol. The minimum absolute atomic E-state index is 0.163. The van der Waals surface area contributed by atoms with E-state index in [2.05, 4.69) is 0 Å². The molecule has 4 nitrogen and oxygen atoms in total. The molecule has 0 fully saturated rings. The van der Waals surface area contributed by atoms with Crippen LogP contribution in [0.1, 0.15) is 13.3 Å². The molecule has 1 aliphatic rings. The van der Waals surface area contributed by atoms with E-state index in [0.29, 0.717) is 13.2 Å². The quantitative estimate of drug-likeness (QED) is 0.458. The fourth-order valence-corrected chi connectivity index (χ4v) is 1.18. The van der Waals surface area contributed by atoms with Crippen molar-refractivity contribution in [2.24, 2.45) is 0 Å². The van der Waals surface area contributed by atoms with Gasteiger partial charge in [-0.05, 0) is 13.3 Å². The van der Waals surface area contributed by atoms with E-state index in [1.54, 1.807) is 20.0 Å². The largest absolute Gasteiger partial charge is 0.462 e. The number of amides is 1. The van der Waals surface area contributed by atoms with Gasteiger partial charge in [0.1, 0.15) is 5.57 Å². The molecule has 13 heavy (non-hydrogen) atoms. The summed E-state index contributed by atoms with van der Waals surface area (Å²) in [6, 6.07) is 0. The molecule has 0 atom stereocenters. The summed E-state index contributed by atoms with van der Waals surface area (Å²) in [6.07, 6.45) is 2.36. The van der Waals surface area contributed by atoms with Crippen LogP contribution in [0.5, 0.6) is 0 Å². The number of ether oxygens (including phenoxy) is 1. The molecule has 0 aromatic rings. The van der Waals surface area contributed by atoms with Crippen LogP contribution in [0.2, 0.25) is 0 Å². The minimum atomic E-state index is -0.515. The Morgan fingerprint density at radius 2 is 2.38 bits per heavy atom. The van der Waals surface area contributed by atoms with Crippen LogP contribution in [-0.4, -0.2) is 37.0 Å². The van der Waals surface area contributed by atoms with E-state index >= 15 is 0 Å². The maximum absolute atomic E-state index is 11.4. The zero-order chi connectivity index (χ0) is 9.84. The van der Waals surface area contributed by atoms with E-state index in [-0.39, 0.29) is 11.5 Å². The van der Waals surface area contributed by atoms with Gasteiger partial charge in [0.15, 0.2) is 0 Å². The Morgan fingerprint density at radius 3 is 3.00 bits per heavy atom.